The number of nitriles is 1. The summed E-state index contributed by atoms with van der Waals surface area (Å²) in [6, 6.07) is 20.4. The van der Waals surface area contributed by atoms with Crippen LogP contribution in [-0.2, 0) is 17.9 Å². The fraction of sp³-hybridized carbons (Fsp3) is 0.130. The highest BCUT2D eigenvalue weighted by molar-refractivity contribution is 6.01. The third kappa shape index (κ3) is 5.50. The molecule has 0 saturated heterocycles. The summed E-state index contributed by atoms with van der Waals surface area (Å²) in [6.07, 6.45) is 3.02. The van der Waals surface area contributed by atoms with E-state index in [2.05, 4.69) is 5.32 Å². The van der Waals surface area contributed by atoms with E-state index >= 15 is 0 Å². The van der Waals surface area contributed by atoms with Gasteiger partial charge < -0.3 is 19.2 Å². The molecular weight excluding hydrogens is 368 g/mol. The van der Waals surface area contributed by atoms with E-state index in [9.17, 15) is 10.1 Å². The zero-order chi connectivity index (χ0) is 20.5. The van der Waals surface area contributed by atoms with E-state index in [1.165, 1.54) is 12.3 Å². The number of methoxy groups -OCH3 is 1. The van der Waals surface area contributed by atoms with Crippen LogP contribution in [0.25, 0.3) is 6.08 Å². The molecule has 3 aromatic rings. The molecule has 1 heterocycles. The number of nitrogens with zero attached hydrogens (tertiary/aromatic N) is 1. The van der Waals surface area contributed by atoms with Crippen molar-refractivity contribution in [2.45, 2.75) is 13.2 Å². The molecule has 6 nitrogen and oxygen atoms in total. The average Bonchev–Trinajstić information content (AvgIpc) is 3.29. The molecule has 1 aromatic heterocycles. The van der Waals surface area contributed by atoms with E-state index in [1.807, 2.05) is 36.4 Å². The lowest BCUT2D eigenvalue weighted by molar-refractivity contribution is -0.117. The van der Waals surface area contributed by atoms with E-state index < -0.39 is 5.91 Å². The lowest BCUT2D eigenvalue weighted by atomic mass is 10.1. The van der Waals surface area contributed by atoms with E-state index in [0.717, 1.165) is 5.56 Å². The Bertz CT molecular complexity index is 1020. The molecule has 29 heavy (non-hydrogen) atoms. The fourth-order valence-corrected chi connectivity index (χ4v) is 2.62. The van der Waals surface area contributed by atoms with Crippen LogP contribution in [0.15, 0.2) is 76.9 Å². The van der Waals surface area contributed by atoms with Crippen molar-refractivity contribution in [2.24, 2.45) is 0 Å². The van der Waals surface area contributed by atoms with Gasteiger partial charge >= 0.3 is 0 Å². The fourth-order valence-electron chi connectivity index (χ4n) is 2.62. The van der Waals surface area contributed by atoms with E-state index in [-0.39, 0.29) is 12.1 Å². The predicted octanol–water partition coefficient (Wildman–Crippen LogP) is 4.09. The minimum atomic E-state index is -0.479. The maximum atomic E-state index is 12.3. The van der Waals surface area contributed by atoms with Crippen LogP contribution in [0, 0.1) is 11.3 Å². The first-order chi connectivity index (χ1) is 14.2. The minimum absolute atomic E-state index is 0.0171. The summed E-state index contributed by atoms with van der Waals surface area (Å²) in [5.41, 5.74) is 1.67. The van der Waals surface area contributed by atoms with Gasteiger partial charge in [-0.3, -0.25) is 4.79 Å². The van der Waals surface area contributed by atoms with E-state index in [4.69, 9.17) is 13.9 Å². The quantitative estimate of drug-likeness (QED) is 0.464. The molecule has 0 saturated carbocycles. The van der Waals surface area contributed by atoms with Crippen molar-refractivity contribution in [1.29, 1.82) is 5.26 Å². The molecule has 6 heteroatoms. The Morgan fingerprint density at radius 2 is 1.97 bits per heavy atom. The van der Waals surface area contributed by atoms with E-state index in [1.54, 1.807) is 37.4 Å². The molecule has 0 aliphatic carbocycles. The number of hydrogen-bond acceptors (Lipinski definition) is 5. The highest BCUT2D eigenvalue weighted by Gasteiger charge is 2.11. The molecule has 2 aromatic carbocycles. The lowest BCUT2D eigenvalue weighted by Gasteiger charge is -2.11. The van der Waals surface area contributed by atoms with Gasteiger partial charge in [0.25, 0.3) is 5.91 Å². The number of carbonyl (C=O) groups excluding carboxylic acids is 1. The summed E-state index contributed by atoms with van der Waals surface area (Å²) >= 11 is 0. The molecular formula is C23H20N2O4. The monoisotopic (exact) mass is 388 g/mol. The third-order valence-corrected chi connectivity index (χ3v) is 4.10. The van der Waals surface area contributed by atoms with Crippen molar-refractivity contribution in [3.63, 3.8) is 0 Å². The lowest BCUT2D eigenvalue weighted by Crippen LogP contribution is -2.23. The Kier molecular flexibility index (Phi) is 6.69. The third-order valence-electron chi connectivity index (χ3n) is 4.10. The van der Waals surface area contributed by atoms with Gasteiger partial charge in [-0.15, -0.1) is 0 Å². The van der Waals surface area contributed by atoms with Crippen LogP contribution in [0.1, 0.15) is 16.9 Å². The van der Waals surface area contributed by atoms with Gasteiger partial charge in [0.15, 0.2) is 11.5 Å². The van der Waals surface area contributed by atoms with Gasteiger partial charge in [-0.2, -0.15) is 5.26 Å². The van der Waals surface area contributed by atoms with Crippen molar-refractivity contribution in [3.8, 4) is 17.6 Å². The molecule has 0 radical (unpaired) electrons. The summed E-state index contributed by atoms with van der Waals surface area (Å²) in [5, 5.41) is 12.0. The second-order valence-electron chi connectivity index (χ2n) is 6.12. The molecule has 1 N–H and O–H groups in total. The molecule has 3 rings (SSSR count). The normalized spacial score (nSPS) is 10.8. The second-order valence-corrected chi connectivity index (χ2v) is 6.12. The standard InChI is InChI=1S/C23H20N2O4/c1-27-22-13-18(9-10-21(22)29-16-17-6-3-2-4-7-17)12-19(14-24)23(26)25-15-20-8-5-11-28-20/h2-13H,15-16H2,1H3,(H,25,26). The molecule has 0 unspecified atom stereocenters. The van der Waals surface area contributed by atoms with Gasteiger partial charge in [0, 0.05) is 0 Å². The smallest absolute Gasteiger partial charge is 0.262 e. The predicted molar refractivity (Wildman–Crippen MR) is 108 cm³/mol. The van der Waals surface area contributed by atoms with Crippen molar-refractivity contribution in [2.75, 3.05) is 7.11 Å². The SMILES string of the molecule is COc1cc(C=C(C#N)C(=O)NCc2ccco2)ccc1OCc1ccccc1. The van der Waals surface area contributed by atoms with Crippen LogP contribution >= 0.6 is 0 Å². The Labute approximate surface area is 169 Å². The number of nitrogens with one attached hydrogen (secondary N) is 1. The van der Waals surface area contributed by atoms with Crippen LogP contribution in [0.3, 0.4) is 0 Å². The van der Waals surface area contributed by atoms with Crippen LogP contribution in [0.5, 0.6) is 11.5 Å². The first-order valence-electron chi connectivity index (χ1n) is 8.96. The van der Waals surface area contributed by atoms with Crippen molar-refractivity contribution < 1.29 is 18.7 Å². The number of benzene rings is 2. The summed E-state index contributed by atoms with van der Waals surface area (Å²) in [5.74, 6) is 1.22. The topological polar surface area (TPSA) is 84.5 Å². The summed E-state index contributed by atoms with van der Waals surface area (Å²) < 4.78 is 16.4. The molecule has 146 valence electrons. The first-order valence-corrected chi connectivity index (χ1v) is 8.96. The van der Waals surface area contributed by atoms with Gasteiger partial charge in [0.1, 0.15) is 24.0 Å². The molecule has 1 amide bonds. The van der Waals surface area contributed by atoms with E-state index in [0.29, 0.717) is 29.4 Å². The van der Waals surface area contributed by atoms with Crippen molar-refractivity contribution >= 4 is 12.0 Å². The Hall–Kier alpha value is -3.98. The number of ether oxygens (including phenoxy) is 2. The van der Waals surface area contributed by atoms with Gasteiger partial charge in [-0.25, -0.2) is 0 Å². The highest BCUT2D eigenvalue weighted by Crippen LogP contribution is 2.29. The Morgan fingerprint density at radius 1 is 1.14 bits per heavy atom. The zero-order valence-electron chi connectivity index (χ0n) is 15.9. The molecule has 0 bridgehead atoms. The maximum Gasteiger partial charge on any atom is 0.262 e. The Balaban J connectivity index is 1.70. The van der Waals surface area contributed by atoms with Crippen LogP contribution < -0.4 is 14.8 Å². The van der Waals surface area contributed by atoms with Crippen LogP contribution in [0.2, 0.25) is 0 Å². The second kappa shape index (κ2) is 9.81. The van der Waals surface area contributed by atoms with Crippen molar-refractivity contribution in [3.05, 3.63) is 89.4 Å². The number of rotatable bonds is 8. The zero-order valence-corrected chi connectivity index (χ0v) is 15.9. The summed E-state index contributed by atoms with van der Waals surface area (Å²) in [7, 11) is 1.54. The van der Waals surface area contributed by atoms with Gasteiger partial charge in [-0.05, 0) is 41.5 Å². The largest absolute Gasteiger partial charge is 0.493 e. The maximum absolute atomic E-state index is 12.3. The van der Waals surface area contributed by atoms with Gasteiger partial charge in [-0.1, -0.05) is 36.4 Å². The number of hydrogen-bond donors (Lipinski definition) is 1. The average molecular weight is 388 g/mol. The molecule has 0 fully saturated rings. The van der Waals surface area contributed by atoms with Gasteiger partial charge in [0.05, 0.1) is 19.9 Å². The van der Waals surface area contributed by atoms with Crippen LogP contribution in [0.4, 0.5) is 0 Å². The molecule has 0 aliphatic heterocycles. The summed E-state index contributed by atoms with van der Waals surface area (Å²) in [4.78, 5) is 12.3. The highest BCUT2D eigenvalue weighted by atomic mass is 16.5. The molecule has 0 atom stereocenters. The Morgan fingerprint density at radius 3 is 2.66 bits per heavy atom. The number of carbonyl (C=O) groups is 1. The molecule has 0 aliphatic rings. The number of amides is 1. The number of furan rings is 1. The minimum Gasteiger partial charge on any atom is -0.493 e. The van der Waals surface area contributed by atoms with Crippen LogP contribution in [-0.4, -0.2) is 13.0 Å². The van der Waals surface area contributed by atoms with Crippen molar-refractivity contribution in [1.82, 2.24) is 5.32 Å². The molecule has 0 spiro atoms. The van der Waals surface area contributed by atoms with Gasteiger partial charge in [0.2, 0.25) is 0 Å². The summed E-state index contributed by atoms with van der Waals surface area (Å²) in [6.45, 7) is 0.617. The first kappa shape index (κ1) is 19.8.